The second kappa shape index (κ2) is 15.6. The van der Waals surface area contributed by atoms with Crippen LogP contribution in [-0.4, -0.2) is 4.57 Å². The first kappa shape index (κ1) is 36.1. The Labute approximate surface area is 346 Å². The molecule has 0 amide bonds. The molecule has 1 aromatic heterocycles. The van der Waals surface area contributed by atoms with Crippen LogP contribution >= 0.6 is 0 Å². The van der Waals surface area contributed by atoms with Gasteiger partial charge in [0.2, 0.25) is 0 Å². The molecule has 1 heterocycles. The Morgan fingerprint density at radius 3 is 1.71 bits per heavy atom. The number of nitrogens with zero attached hydrogens (tertiary/aromatic N) is 1. The third kappa shape index (κ3) is 7.06. The lowest BCUT2D eigenvalue weighted by atomic mass is 9.85. The zero-order valence-corrected chi connectivity index (χ0v) is 33.2. The second-order valence-electron chi connectivity index (χ2n) is 15.8. The van der Waals surface area contributed by atoms with Crippen molar-refractivity contribution >= 4 is 55.5 Å². The van der Waals surface area contributed by atoms with Crippen LogP contribution in [0.15, 0.2) is 207 Å². The maximum atomic E-state index is 3.92. The summed E-state index contributed by atoms with van der Waals surface area (Å²) in [7, 11) is 0. The van der Waals surface area contributed by atoms with Crippen LogP contribution in [0.1, 0.15) is 40.2 Å². The third-order valence-corrected chi connectivity index (χ3v) is 12.3. The van der Waals surface area contributed by atoms with Crippen LogP contribution in [0.25, 0.3) is 83.4 Å². The van der Waals surface area contributed by atoms with Crippen LogP contribution in [0.2, 0.25) is 0 Å². The highest BCUT2D eigenvalue weighted by molar-refractivity contribution is 6.21. The minimum absolute atomic E-state index is 0.359. The number of para-hydroxylation sites is 1. The Morgan fingerprint density at radius 2 is 1.00 bits per heavy atom. The van der Waals surface area contributed by atoms with E-state index < -0.39 is 0 Å². The van der Waals surface area contributed by atoms with Crippen LogP contribution in [0, 0.1) is 0 Å². The van der Waals surface area contributed by atoms with Crippen molar-refractivity contribution in [3.05, 3.63) is 235 Å². The molecule has 59 heavy (non-hydrogen) atoms. The number of rotatable bonds is 11. The first-order chi connectivity index (χ1) is 29.1. The average Bonchev–Trinajstić information content (AvgIpc) is 3.65. The number of fused-ring (bicyclic) bond motifs is 6. The minimum atomic E-state index is 0.359. The summed E-state index contributed by atoms with van der Waals surface area (Å²) in [6.07, 6.45) is 6.80. The van der Waals surface area contributed by atoms with Crippen molar-refractivity contribution < 1.29 is 0 Å². The molecule has 0 saturated carbocycles. The van der Waals surface area contributed by atoms with E-state index in [1.165, 1.54) is 88.0 Å². The van der Waals surface area contributed by atoms with Gasteiger partial charge >= 0.3 is 0 Å². The summed E-state index contributed by atoms with van der Waals surface area (Å²) in [5.41, 5.74) is 15.0. The maximum absolute atomic E-state index is 3.92. The van der Waals surface area contributed by atoms with Gasteiger partial charge in [0.05, 0.1) is 11.0 Å². The van der Waals surface area contributed by atoms with Crippen molar-refractivity contribution in [2.24, 2.45) is 0 Å². The lowest BCUT2D eigenvalue weighted by Crippen LogP contribution is -2.05. The summed E-state index contributed by atoms with van der Waals surface area (Å²) in [6.45, 7) is 7.82. The van der Waals surface area contributed by atoms with E-state index in [-0.39, 0.29) is 0 Å². The molecule has 1 nitrogen and oxygen atoms in total. The van der Waals surface area contributed by atoms with Crippen molar-refractivity contribution in [3.63, 3.8) is 0 Å². The summed E-state index contributed by atoms with van der Waals surface area (Å²) in [6, 6.07) is 71.8. The van der Waals surface area contributed by atoms with Gasteiger partial charge in [0.25, 0.3) is 0 Å². The highest BCUT2D eigenvalue weighted by Crippen LogP contribution is 2.37. The highest BCUT2D eigenvalue weighted by Gasteiger charge is 2.17. The van der Waals surface area contributed by atoms with Crippen LogP contribution in [0.3, 0.4) is 0 Å². The molecule has 1 atom stereocenters. The van der Waals surface area contributed by atoms with E-state index in [0.717, 1.165) is 30.4 Å². The molecule has 282 valence electrons. The fourth-order valence-corrected chi connectivity index (χ4v) is 9.01. The fraction of sp³-hybridized carbons (Fsp3) is 0.0690. The molecular formula is C58H45N. The predicted molar refractivity (Wildman–Crippen MR) is 254 cm³/mol. The maximum Gasteiger partial charge on any atom is 0.0547 e. The molecule has 9 aromatic carbocycles. The van der Waals surface area contributed by atoms with Gasteiger partial charge in [-0.05, 0) is 127 Å². The SMILES string of the molecule is C=Cc1ccc(-c2ccc(C(CCc3ccc(-n4c5ccccc5c5c6ccccc6ccc54)cc3)Cc3ccc4cc(-c5ccc(C=C)cc5)ccc4c3)cc2)cc1. The van der Waals surface area contributed by atoms with Gasteiger partial charge in [0.15, 0.2) is 0 Å². The Bertz CT molecular complexity index is 3120. The normalized spacial score (nSPS) is 12.0. The lowest BCUT2D eigenvalue weighted by Gasteiger charge is -2.19. The van der Waals surface area contributed by atoms with Gasteiger partial charge in [-0.3, -0.25) is 0 Å². The Kier molecular flexibility index (Phi) is 9.56. The molecule has 0 aliphatic heterocycles. The molecule has 0 bridgehead atoms. The molecule has 1 heteroatoms. The van der Waals surface area contributed by atoms with Crippen LogP contribution in [-0.2, 0) is 12.8 Å². The molecule has 10 rings (SSSR count). The topological polar surface area (TPSA) is 4.93 Å². The number of aryl methyl sites for hydroxylation is 1. The van der Waals surface area contributed by atoms with E-state index in [1.807, 2.05) is 12.2 Å². The van der Waals surface area contributed by atoms with Gasteiger partial charge in [0.1, 0.15) is 0 Å². The van der Waals surface area contributed by atoms with Crippen LogP contribution < -0.4 is 0 Å². The van der Waals surface area contributed by atoms with Gasteiger partial charge < -0.3 is 4.57 Å². The van der Waals surface area contributed by atoms with Crippen molar-refractivity contribution in [1.82, 2.24) is 4.57 Å². The number of benzene rings is 9. The summed E-state index contributed by atoms with van der Waals surface area (Å²) >= 11 is 0. The Morgan fingerprint density at radius 1 is 0.441 bits per heavy atom. The van der Waals surface area contributed by atoms with Gasteiger partial charge in [-0.15, -0.1) is 0 Å². The second-order valence-corrected chi connectivity index (χ2v) is 15.8. The average molecular weight is 756 g/mol. The number of hydrogen-bond donors (Lipinski definition) is 0. The first-order valence-electron chi connectivity index (χ1n) is 20.7. The van der Waals surface area contributed by atoms with Crippen molar-refractivity contribution in [3.8, 4) is 27.9 Å². The molecule has 10 aromatic rings. The molecule has 1 unspecified atom stereocenters. The van der Waals surface area contributed by atoms with Gasteiger partial charge in [-0.25, -0.2) is 0 Å². The van der Waals surface area contributed by atoms with Gasteiger partial charge in [-0.1, -0.05) is 189 Å². The summed E-state index contributed by atoms with van der Waals surface area (Å²) in [5.74, 6) is 0.359. The van der Waals surface area contributed by atoms with Crippen LogP contribution in [0.5, 0.6) is 0 Å². The molecule has 0 spiro atoms. The molecule has 0 aliphatic carbocycles. The molecule has 0 radical (unpaired) electrons. The third-order valence-electron chi connectivity index (χ3n) is 12.3. The lowest BCUT2D eigenvalue weighted by molar-refractivity contribution is 0.621. The minimum Gasteiger partial charge on any atom is -0.309 e. The fourth-order valence-electron chi connectivity index (χ4n) is 9.01. The highest BCUT2D eigenvalue weighted by atomic mass is 15.0. The zero-order chi connectivity index (χ0) is 39.7. The van der Waals surface area contributed by atoms with Gasteiger partial charge in [-0.2, -0.15) is 0 Å². The van der Waals surface area contributed by atoms with E-state index in [4.69, 9.17) is 0 Å². The quantitative estimate of drug-likeness (QED) is 0.124. The summed E-state index contributed by atoms with van der Waals surface area (Å²) in [5, 5.41) is 7.72. The smallest absolute Gasteiger partial charge is 0.0547 e. The van der Waals surface area contributed by atoms with Crippen molar-refractivity contribution in [2.45, 2.75) is 25.2 Å². The standard InChI is InChI=1S/C58H45N/c1-3-40-13-21-44(22-14-40)45-27-29-47(30-28-45)49(37-43-18-26-52-39-51(32-31-50(52)38-43)46-23-15-41(4-2)16-24-46)25-17-42-19-34-53(35-20-42)59-56-12-8-7-11-55(56)58-54-10-6-5-9-48(54)33-36-57(58)59/h3-16,18-24,26-36,38-39,49H,1-2,17,25,37H2. The first-order valence-corrected chi connectivity index (χ1v) is 20.7. The predicted octanol–water partition coefficient (Wildman–Crippen LogP) is 15.7. The molecule has 0 saturated heterocycles. The molecule has 0 N–H and O–H groups in total. The number of aromatic nitrogens is 1. The van der Waals surface area contributed by atoms with E-state index in [1.54, 1.807) is 0 Å². The van der Waals surface area contributed by atoms with E-state index in [2.05, 4.69) is 212 Å². The molecule has 0 fully saturated rings. The summed E-state index contributed by atoms with van der Waals surface area (Å²) < 4.78 is 2.43. The van der Waals surface area contributed by atoms with Crippen LogP contribution in [0.4, 0.5) is 0 Å². The van der Waals surface area contributed by atoms with E-state index in [0.29, 0.717) is 5.92 Å². The molecular weight excluding hydrogens is 711 g/mol. The van der Waals surface area contributed by atoms with Crippen molar-refractivity contribution in [2.75, 3.05) is 0 Å². The van der Waals surface area contributed by atoms with E-state index in [9.17, 15) is 0 Å². The Balaban J connectivity index is 0.940. The Hall–Kier alpha value is -7.22. The zero-order valence-electron chi connectivity index (χ0n) is 33.2. The van der Waals surface area contributed by atoms with E-state index >= 15 is 0 Å². The monoisotopic (exact) mass is 755 g/mol. The molecule has 0 aliphatic rings. The summed E-state index contributed by atoms with van der Waals surface area (Å²) in [4.78, 5) is 0. The number of hydrogen-bond acceptors (Lipinski definition) is 0. The van der Waals surface area contributed by atoms with Gasteiger partial charge in [0, 0.05) is 16.5 Å². The largest absolute Gasteiger partial charge is 0.309 e. The van der Waals surface area contributed by atoms with Crippen molar-refractivity contribution in [1.29, 1.82) is 0 Å².